The third-order valence-corrected chi connectivity index (χ3v) is 6.87. The molecule has 4 aromatic rings. The third kappa shape index (κ3) is 5.19. The number of aliphatic hydroxyl groups is 1. The van der Waals surface area contributed by atoms with E-state index >= 15 is 0 Å². The molecule has 38 heavy (non-hydrogen) atoms. The van der Waals surface area contributed by atoms with Crippen LogP contribution in [0.15, 0.2) is 97.1 Å². The molecule has 0 spiro atoms. The van der Waals surface area contributed by atoms with Crippen molar-refractivity contribution in [2.75, 3.05) is 12.0 Å². The fourth-order valence-electron chi connectivity index (χ4n) is 4.87. The summed E-state index contributed by atoms with van der Waals surface area (Å²) in [5, 5.41) is 21.6. The Morgan fingerprint density at radius 1 is 0.947 bits per heavy atom. The molecule has 0 aliphatic carbocycles. The number of hydrogen-bond acceptors (Lipinski definition) is 5. The van der Waals surface area contributed by atoms with Crippen LogP contribution in [0.4, 0.5) is 14.9 Å². The van der Waals surface area contributed by atoms with Gasteiger partial charge in [0.2, 0.25) is 0 Å². The van der Waals surface area contributed by atoms with Gasteiger partial charge >= 0.3 is 6.09 Å². The minimum absolute atomic E-state index is 0.0253. The van der Waals surface area contributed by atoms with Crippen molar-refractivity contribution in [1.29, 1.82) is 0 Å². The molecule has 2 N–H and O–H groups in total. The molecule has 1 unspecified atom stereocenters. The first kappa shape index (κ1) is 25.3. The Morgan fingerprint density at radius 2 is 1.63 bits per heavy atom. The highest BCUT2D eigenvalue weighted by Crippen LogP contribution is 2.44. The number of phenols is 1. The number of carbonyl (C=O) groups excluding carboxylic acids is 1. The van der Waals surface area contributed by atoms with Crippen LogP contribution in [-0.4, -0.2) is 29.5 Å². The molecule has 0 radical (unpaired) electrons. The van der Waals surface area contributed by atoms with E-state index in [1.807, 2.05) is 54.6 Å². The maximum atomic E-state index is 13.3. The van der Waals surface area contributed by atoms with Gasteiger partial charge in [0.25, 0.3) is 0 Å². The molecule has 1 aliphatic heterocycles. The zero-order valence-electron chi connectivity index (χ0n) is 20.8. The van der Waals surface area contributed by atoms with Crippen LogP contribution in [0.2, 0.25) is 0 Å². The van der Waals surface area contributed by atoms with Gasteiger partial charge in [-0.1, -0.05) is 54.6 Å². The number of amides is 1. The van der Waals surface area contributed by atoms with E-state index in [9.17, 15) is 19.4 Å². The Labute approximate surface area is 220 Å². The molecule has 1 amide bonds. The molecule has 1 aliphatic rings. The third-order valence-electron chi connectivity index (χ3n) is 6.87. The summed E-state index contributed by atoms with van der Waals surface area (Å²) < 4.78 is 24.3. The van der Waals surface area contributed by atoms with Crippen LogP contribution >= 0.6 is 0 Å². The van der Waals surface area contributed by atoms with Crippen LogP contribution in [0.1, 0.15) is 36.1 Å². The van der Waals surface area contributed by atoms with Crippen molar-refractivity contribution < 1.29 is 28.9 Å². The van der Waals surface area contributed by atoms with Crippen LogP contribution in [0, 0.1) is 5.82 Å². The van der Waals surface area contributed by atoms with Gasteiger partial charge in [0, 0.05) is 17.3 Å². The van der Waals surface area contributed by atoms with Crippen molar-refractivity contribution in [3.63, 3.8) is 0 Å². The molecule has 7 heteroatoms. The van der Waals surface area contributed by atoms with Crippen molar-refractivity contribution in [3.8, 4) is 22.6 Å². The molecule has 0 aromatic heterocycles. The van der Waals surface area contributed by atoms with Gasteiger partial charge < -0.3 is 19.7 Å². The van der Waals surface area contributed by atoms with Crippen molar-refractivity contribution in [2.24, 2.45) is 0 Å². The molecule has 1 heterocycles. The highest BCUT2D eigenvalue weighted by molar-refractivity contribution is 5.91. The summed E-state index contributed by atoms with van der Waals surface area (Å²) in [4.78, 5) is 14.7. The predicted molar refractivity (Wildman–Crippen MR) is 143 cm³/mol. The molecular weight excluding hydrogens is 485 g/mol. The van der Waals surface area contributed by atoms with E-state index in [0.717, 1.165) is 11.1 Å². The molecule has 1 fully saturated rings. The monoisotopic (exact) mass is 513 g/mol. The topological polar surface area (TPSA) is 79.2 Å². The summed E-state index contributed by atoms with van der Waals surface area (Å²) in [6.45, 7) is 0. The van der Waals surface area contributed by atoms with Gasteiger partial charge in [-0.05, 0) is 65.9 Å². The van der Waals surface area contributed by atoms with Crippen molar-refractivity contribution in [3.05, 3.63) is 114 Å². The molecule has 6 nitrogen and oxygen atoms in total. The number of anilines is 1. The lowest BCUT2D eigenvalue weighted by Gasteiger charge is -2.26. The quantitative estimate of drug-likeness (QED) is 0.271. The van der Waals surface area contributed by atoms with E-state index in [2.05, 4.69) is 0 Å². The van der Waals surface area contributed by atoms with Crippen LogP contribution < -0.4 is 9.64 Å². The van der Waals surface area contributed by atoms with Crippen LogP contribution in [0.5, 0.6) is 11.5 Å². The summed E-state index contributed by atoms with van der Waals surface area (Å²) in [6.07, 6.45) is -1.46. The number of aromatic hydroxyl groups is 1. The Balaban J connectivity index is 1.45. The van der Waals surface area contributed by atoms with E-state index in [-0.39, 0.29) is 18.0 Å². The number of methoxy groups -OCH3 is 1. The maximum absolute atomic E-state index is 13.3. The SMILES string of the molecule is COc1ccc([C@@H]2[C@@H](CCC(O)c3ccc(F)cc3)OC(=O)N2c2ccc(-c3ccccc3)cc2)c(O)c1. The fourth-order valence-corrected chi connectivity index (χ4v) is 4.87. The number of halogens is 1. The zero-order chi connectivity index (χ0) is 26.6. The first-order chi connectivity index (χ1) is 18.4. The number of hydrogen-bond donors (Lipinski definition) is 2. The van der Waals surface area contributed by atoms with Crippen molar-refractivity contribution >= 4 is 11.8 Å². The Bertz CT molecular complexity index is 1390. The summed E-state index contributed by atoms with van der Waals surface area (Å²) >= 11 is 0. The second-order valence-electron chi connectivity index (χ2n) is 9.22. The lowest BCUT2D eigenvalue weighted by atomic mass is 9.93. The normalized spacial score (nSPS) is 17.8. The van der Waals surface area contributed by atoms with E-state index in [1.165, 1.54) is 42.3 Å². The van der Waals surface area contributed by atoms with Gasteiger partial charge in [0.05, 0.1) is 13.2 Å². The molecular formula is C31H28FNO5. The predicted octanol–water partition coefficient (Wildman–Crippen LogP) is 6.79. The summed E-state index contributed by atoms with van der Waals surface area (Å²) in [6, 6.07) is 27.5. The van der Waals surface area contributed by atoms with E-state index < -0.39 is 24.3 Å². The molecule has 0 saturated carbocycles. The number of aliphatic hydroxyl groups excluding tert-OH is 1. The zero-order valence-corrected chi connectivity index (χ0v) is 20.8. The molecule has 3 atom stereocenters. The molecule has 0 bridgehead atoms. The average Bonchev–Trinajstić information content (AvgIpc) is 3.28. The van der Waals surface area contributed by atoms with Gasteiger partial charge in [-0.25, -0.2) is 9.18 Å². The molecule has 4 aromatic carbocycles. The van der Waals surface area contributed by atoms with Crippen molar-refractivity contribution in [1.82, 2.24) is 0 Å². The van der Waals surface area contributed by atoms with Crippen LogP contribution in [0.3, 0.4) is 0 Å². The Kier molecular flexibility index (Phi) is 7.29. The molecule has 5 rings (SSSR count). The molecule has 194 valence electrons. The smallest absolute Gasteiger partial charge is 0.415 e. The first-order valence-corrected chi connectivity index (χ1v) is 12.4. The lowest BCUT2D eigenvalue weighted by molar-refractivity contribution is 0.100. The van der Waals surface area contributed by atoms with Gasteiger partial charge in [0.1, 0.15) is 29.5 Å². The van der Waals surface area contributed by atoms with Crippen LogP contribution in [0.25, 0.3) is 11.1 Å². The average molecular weight is 514 g/mol. The lowest BCUT2D eigenvalue weighted by Crippen LogP contribution is -2.29. The number of nitrogens with zero attached hydrogens (tertiary/aromatic N) is 1. The maximum Gasteiger partial charge on any atom is 0.415 e. The van der Waals surface area contributed by atoms with Crippen molar-refractivity contribution in [2.45, 2.75) is 31.1 Å². The number of ether oxygens (including phenoxy) is 2. The standard InChI is InChI=1S/C31H28FNO5/c1-37-25-15-16-26(28(35)19-25)30-29(18-17-27(34)22-7-11-23(32)12-8-22)38-31(36)33(30)24-13-9-21(10-14-24)20-5-3-2-4-6-20/h2-16,19,27,29-30,34-35H,17-18H2,1H3/t27?,29-,30-/m1/s1. The van der Waals surface area contributed by atoms with E-state index in [0.29, 0.717) is 29.0 Å². The van der Waals surface area contributed by atoms with Gasteiger partial charge in [-0.2, -0.15) is 0 Å². The minimum atomic E-state index is -0.862. The van der Waals surface area contributed by atoms with Gasteiger partial charge in [-0.3, -0.25) is 4.90 Å². The second-order valence-corrected chi connectivity index (χ2v) is 9.22. The number of phenolic OH excluding ortho intramolecular Hbond substituents is 1. The first-order valence-electron chi connectivity index (χ1n) is 12.4. The van der Waals surface area contributed by atoms with Gasteiger partial charge in [-0.15, -0.1) is 0 Å². The number of carbonyl (C=O) groups is 1. The largest absolute Gasteiger partial charge is 0.507 e. The Hall–Kier alpha value is -4.36. The van der Waals surface area contributed by atoms with E-state index in [4.69, 9.17) is 9.47 Å². The second kappa shape index (κ2) is 10.9. The van der Waals surface area contributed by atoms with Crippen LogP contribution in [-0.2, 0) is 4.74 Å². The van der Waals surface area contributed by atoms with Gasteiger partial charge in [0.15, 0.2) is 0 Å². The summed E-state index contributed by atoms with van der Waals surface area (Å²) in [7, 11) is 1.51. The van der Waals surface area contributed by atoms with E-state index in [1.54, 1.807) is 12.1 Å². The minimum Gasteiger partial charge on any atom is -0.507 e. The summed E-state index contributed by atoms with van der Waals surface area (Å²) in [5.41, 5.74) is 3.76. The molecule has 1 saturated heterocycles. The summed E-state index contributed by atoms with van der Waals surface area (Å²) in [5.74, 6) is 0.0795. The Morgan fingerprint density at radius 3 is 2.29 bits per heavy atom. The fraction of sp³-hybridized carbons (Fsp3) is 0.194. The number of rotatable bonds is 8. The number of benzene rings is 4. The number of cyclic esters (lactones) is 1. The highest BCUT2D eigenvalue weighted by Gasteiger charge is 2.44. The highest BCUT2D eigenvalue weighted by atomic mass is 19.1.